The van der Waals surface area contributed by atoms with Gasteiger partial charge < -0.3 is 5.32 Å². The van der Waals surface area contributed by atoms with Gasteiger partial charge in [-0.3, -0.25) is 9.36 Å². The molecule has 1 amide bonds. The summed E-state index contributed by atoms with van der Waals surface area (Å²) < 4.78 is 15.1. The number of rotatable bonds is 5. The molecular weight excluding hydrogens is 409 g/mol. The largest absolute Gasteiger partial charge is 0.309 e. The number of carbonyl (C=O) groups is 1. The first-order chi connectivity index (χ1) is 15.4. The first-order valence-corrected chi connectivity index (χ1v) is 9.90. The minimum Gasteiger partial charge on any atom is -0.309 e. The van der Waals surface area contributed by atoms with E-state index < -0.39 is 5.91 Å². The number of aromatic nitrogens is 5. The van der Waals surface area contributed by atoms with Gasteiger partial charge in [-0.25, -0.2) is 4.39 Å². The molecule has 0 radical (unpaired) electrons. The lowest BCUT2D eigenvalue weighted by atomic mass is 10.1. The SMILES string of the molecule is Cc1ccc(-c2nnn(CC(=O)Nc3c(C#N)c(C)c(C)n3-c3ccc(F)cc3)n2)cc1. The number of halogens is 1. The second-order valence-corrected chi connectivity index (χ2v) is 7.42. The number of anilines is 1. The fraction of sp³-hybridized carbons (Fsp3) is 0.174. The quantitative estimate of drug-likeness (QED) is 0.521. The summed E-state index contributed by atoms with van der Waals surface area (Å²) in [5.41, 5.74) is 4.38. The number of carbonyl (C=O) groups excluding carboxylic acids is 1. The minimum atomic E-state index is -0.421. The Balaban J connectivity index is 1.60. The van der Waals surface area contributed by atoms with Crippen molar-refractivity contribution in [3.05, 3.63) is 76.7 Å². The smallest absolute Gasteiger partial charge is 0.249 e. The number of hydrogen-bond acceptors (Lipinski definition) is 5. The molecule has 0 unspecified atom stereocenters. The van der Waals surface area contributed by atoms with Gasteiger partial charge >= 0.3 is 0 Å². The Labute approximate surface area is 183 Å². The van der Waals surface area contributed by atoms with Gasteiger partial charge in [-0.2, -0.15) is 10.1 Å². The van der Waals surface area contributed by atoms with Crippen LogP contribution in [0.4, 0.5) is 10.2 Å². The Hall–Kier alpha value is -4.32. The molecule has 4 rings (SSSR count). The first kappa shape index (κ1) is 20.9. The molecule has 0 fully saturated rings. The van der Waals surface area contributed by atoms with Crippen LogP contribution in [0.5, 0.6) is 0 Å². The van der Waals surface area contributed by atoms with Crippen molar-refractivity contribution in [1.82, 2.24) is 24.8 Å². The topological polar surface area (TPSA) is 101 Å². The molecule has 32 heavy (non-hydrogen) atoms. The predicted octanol–water partition coefficient (Wildman–Crippen LogP) is 3.71. The first-order valence-electron chi connectivity index (χ1n) is 9.90. The maximum atomic E-state index is 13.4. The summed E-state index contributed by atoms with van der Waals surface area (Å²) in [6, 6.07) is 15.6. The lowest BCUT2D eigenvalue weighted by molar-refractivity contribution is -0.117. The summed E-state index contributed by atoms with van der Waals surface area (Å²) >= 11 is 0. The maximum absolute atomic E-state index is 13.4. The summed E-state index contributed by atoms with van der Waals surface area (Å²) in [6.45, 7) is 5.44. The molecule has 0 aliphatic heterocycles. The van der Waals surface area contributed by atoms with Gasteiger partial charge in [-0.1, -0.05) is 29.8 Å². The highest BCUT2D eigenvalue weighted by Crippen LogP contribution is 2.30. The van der Waals surface area contributed by atoms with E-state index in [9.17, 15) is 14.4 Å². The van der Waals surface area contributed by atoms with Gasteiger partial charge in [0.15, 0.2) is 0 Å². The molecule has 0 aliphatic carbocycles. The van der Waals surface area contributed by atoms with E-state index in [0.717, 1.165) is 22.4 Å². The lowest BCUT2D eigenvalue weighted by Crippen LogP contribution is -2.22. The summed E-state index contributed by atoms with van der Waals surface area (Å²) in [5, 5.41) is 24.7. The number of tetrazole rings is 1. The van der Waals surface area contributed by atoms with Crippen LogP contribution < -0.4 is 5.32 Å². The van der Waals surface area contributed by atoms with Gasteiger partial charge in [-0.15, -0.1) is 10.2 Å². The van der Waals surface area contributed by atoms with Crippen LogP contribution in [0.1, 0.15) is 22.4 Å². The van der Waals surface area contributed by atoms with Crippen LogP contribution in [0.15, 0.2) is 48.5 Å². The zero-order valence-corrected chi connectivity index (χ0v) is 17.8. The molecule has 2 aromatic heterocycles. The van der Waals surface area contributed by atoms with E-state index in [1.54, 1.807) is 23.6 Å². The minimum absolute atomic E-state index is 0.184. The third-order valence-electron chi connectivity index (χ3n) is 5.22. The van der Waals surface area contributed by atoms with E-state index >= 15 is 0 Å². The van der Waals surface area contributed by atoms with Crippen molar-refractivity contribution in [1.29, 1.82) is 5.26 Å². The third-order valence-corrected chi connectivity index (χ3v) is 5.22. The third kappa shape index (κ3) is 3.98. The Morgan fingerprint density at radius 3 is 2.44 bits per heavy atom. The molecule has 4 aromatic rings. The van der Waals surface area contributed by atoms with Crippen LogP contribution in [-0.4, -0.2) is 30.7 Å². The average molecular weight is 429 g/mol. The molecule has 1 N–H and O–H groups in total. The molecule has 0 saturated heterocycles. The van der Waals surface area contributed by atoms with Crippen LogP contribution >= 0.6 is 0 Å². The van der Waals surface area contributed by atoms with Crippen molar-refractivity contribution < 1.29 is 9.18 Å². The van der Waals surface area contributed by atoms with Gasteiger partial charge in [0.25, 0.3) is 0 Å². The second kappa shape index (κ2) is 8.43. The van der Waals surface area contributed by atoms with Crippen LogP contribution in [0.3, 0.4) is 0 Å². The highest BCUT2D eigenvalue weighted by molar-refractivity contribution is 5.92. The standard InChI is InChI=1S/C23H20FN7O/c1-14-4-6-17(7-5-14)22-27-29-30(28-22)13-21(32)26-23-20(12-25)15(2)16(3)31(23)19-10-8-18(24)9-11-19/h4-11H,13H2,1-3H3,(H,26,32). The molecular formula is C23H20FN7O. The van der Waals surface area contributed by atoms with Crippen molar-refractivity contribution in [3.63, 3.8) is 0 Å². The average Bonchev–Trinajstić information content (AvgIpc) is 3.32. The second-order valence-electron chi connectivity index (χ2n) is 7.42. The highest BCUT2D eigenvalue weighted by atomic mass is 19.1. The molecule has 9 heteroatoms. The highest BCUT2D eigenvalue weighted by Gasteiger charge is 2.21. The summed E-state index contributed by atoms with van der Waals surface area (Å²) in [5.74, 6) is -0.0619. The molecule has 2 heterocycles. The van der Waals surface area contributed by atoms with Gasteiger partial charge in [0.2, 0.25) is 11.7 Å². The summed E-state index contributed by atoms with van der Waals surface area (Å²) in [7, 11) is 0. The molecule has 8 nitrogen and oxygen atoms in total. The molecule has 0 spiro atoms. The zero-order valence-electron chi connectivity index (χ0n) is 17.8. The van der Waals surface area contributed by atoms with Crippen LogP contribution in [-0.2, 0) is 11.3 Å². The normalized spacial score (nSPS) is 10.7. The zero-order chi connectivity index (χ0) is 22.8. The number of nitriles is 1. The molecule has 160 valence electrons. The lowest BCUT2D eigenvalue weighted by Gasteiger charge is -2.13. The molecule has 0 aliphatic rings. The molecule has 0 atom stereocenters. The number of nitrogens with zero attached hydrogens (tertiary/aromatic N) is 6. The van der Waals surface area contributed by atoms with E-state index in [1.807, 2.05) is 38.1 Å². The molecule has 2 aromatic carbocycles. The van der Waals surface area contributed by atoms with Crippen molar-refractivity contribution in [2.45, 2.75) is 27.3 Å². The van der Waals surface area contributed by atoms with E-state index in [4.69, 9.17) is 0 Å². The molecule has 0 saturated carbocycles. The van der Waals surface area contributed by atoms with Gasteiger partial charge in [-0.05, 0) is 55.8 Å². The molecule has 0 bridgehead atoms. The summed E-state index contributed by atoms with van der Waals surface area (Å²) in [4.78, 5) is 14.0. The maximum Gasteiger partial charge on any atom is 0.249 e. The Morgan fingerprint density at radius 1 is 1.09 bits per heavy atom. The van der Waals surface area contributed by atoms with E-state index in [0.29, 0.717) is 22.9 Å². The Bertz CT molecular complexity index is 1330. The predicted molar refractivity (Wildman–Crippen MR) is 117 cm³/mol. The number of nitrogens with one attached hydrogen (secondary N) is 1. The van der Waals surface area contributed by atoms with Gasteiger partial charge in [0.05, 0.1) is 5.56 Å². The van der Waals surface area contributed by atoms with Crippen LogP contribution in [0.2, 0.25) is 0 Å². The van der Waals surface area contributed by atoms with Crippen LogP contribution in [0.25, 0.3) is 17.1 Å². The number of aryl methyl sites for hydroxylation is 1. The van der Waals surface area contributed by atoms with Gasteiger partial charge in [0.1, 0.15) is 24.2 Å². The monoisotopic (exact) mass is 429 g/mol. The number of benzene rings is 2. The fourth-order valence-corrected chi connectivity index (χ4v) is 3.40. The summed E-state index contributed by atoms with van der Waals surface area (Å²) in [6.07, 6.45) is 0. The van der Waals surface area contributed by atoms with Crippen molar-refractivity contribution in [3.8, 4) is 23.1 Å². The number of amides is 1. The van der Waals surface area contributed by atoms with Crippen molar-refractivity contribution in [2.24, 2.45) is 0 Å². The van der Waals surface area contributed by atoms with Crippen molar-refractivity contribution in [2.75, 3.05) is 5.32 Å². The van der Waals surface area contributed by atoms with E-state index in [-0.39, 0.29) is 12.4 Å². The van der Waals surface area contributed by atoms with Crippen molar-refractivity contribution >= 4 is 11.7 Å². The number of hydrogen-bond donors (Lipinski definition) is 1. The fourth-order valence-electron chi connectivity index (χ4n) is 3.40. The van der Waals surface area contributed by atoms with E-state index in [1.165, 1.54) is 16.9 Å². The van der Waals surface area contributed by atoms with E-state index in [2.05, 4.69) is 26.8 Å². The van der Waals surface area contributed by atoms with Gasteiger partial charge in [0, 0.05) is 16.9 Å². The Kier molecular flexibility index (Phi) is 5.52. The Morgan fingerprint density at radius 2 is 1.78 bits per heavy atom. The van der Waals surface area contributed by atoms with Crippen LogP contribution in [0, 0.1) is 37.9 Å².